The van der Waals surface area contributed by atoms with Gasteiger partial charge >= 0.3 is 5.97 Å². The van der Waals surface area contributed by atoms with Crippen LogP contribution in [0.4, 0.5) is 0 Å². The van der Waals surface area contributed by atoms with E-state index < -0.39 is 22.0 Å². The third kappa shape index (κ3) is 3.56. The number of nitriles is 1. The summed E-state index contributed by atoms with van der Waals surface area (Å²) in [6, 6.07) is 4.84. The summed E-state index contributed by atoms with van der Waals surface area (Å²) < 4.78 is 26.6. The van der Waals surface area contributed by atoms with Gasteiger partial charge in [-0.2, -0.15) is 9.98 Å². The molecule has 0 spiro atoms. The van der Waals surface area contributed by atoms with E-state index in [1.165, 1.54) is 18.2 Å². The van der Waals surface area contributed by atoms with Crippen LogP contribution < -0.4 is 4.72 Å². The molecule has 1 unspecified atom stereocenters. The van der Waals surface area contributed by atoms with Gasteiger partial charge < -0.3 is 5.11 Å². The highest BCUT2D eigenvalue weighted by Gasteiger charge is 2.28. The van der Waals surface area contributed by atoms with Gasteiger partial charge in [0.15, 0.2) is 0 Å². The predicted molar refractivity (Wildman–Crippen MR) is 72.5 cm³/mol. The molecule has 20 heavy (non-hydrogen) atoms. The van der Waals surface area contributed by atoms with Crippen molar-refractivity contribution in [3.8, 4) is 6.07 Å². The second-order valence-corrected chi connectivity index (χ2v) is 6.46. The van der Waals surface area contributed by atoms with Crippen LogP contribution in [0.3, 0.4) is 0 Å². The van der Waals surface area contributed by atoms with E-state index in [0.717, 1.165) is 0 Å². The zero-order valence-electron chi connectivity index (χ0n) is 11.4. The Morgan fingerprint density at radius 2 is 2.00 bits per heavy atom. The molecule has 2 N–H and O–H groups in total. The van der Waals surface area contributed by atoms with E-state index in [4.69, 9.17) is 10.4 Å². The molecule has 108 valence electrons. The number of sulfonamides is 1. The summed E-state index contributed by atoms with van der Waals surface area (Å²) in [5.41, 5.74) is 0.740. The first-order chi connectivity index (χ1) is 9.19. The summed E-state index contributed by atoms with van der Waals surface area (Å²) >= 11 is 0. The average molecular weight is 296 g/mol. The van der Waals surface area contributed by atoms with Crippen molar-refractivity contribution in [1.82, 2.24) is 4.72 Å². The Labute approximate surface area is 118 Å². The lowest BCUT2D eigenvalue weighted by Gasteiger charge is -2.18. The van der Waals surface area contributed by atoms with E-state index >= 15 is 0 Å². The summed E-state index contributed by atoms with van der Waals surface area (Å²) in [6.45, 7) is 4.79. The molecule has 0 saturated carbocycles. The minimum Gasteiger partial charge on any atom is -0.480 e. The summed E-state index contributed by atoms with van der Waals surface area (Å²) in [7, 11) is -3.95. The molecule has 0 amide bonds. The van der Waals surface area contributed by atoms with Gasteiger partial charge in [0.25, 0.3) is 0 Å². The molecular formula is C13H16N2O4S. The lowest BCUT2D eigenvalue weighted by Crippen LogP contribution is -2.44. The van der Waals surface area contributed by atoms with Crippen molar-refractivity contribution < 1.29 is 18.3 Å². The number of nitrogens with zero attached hydrogens (tertiary/aromatic N) is 1. The molecule has 0 heterocycles. The molecular weight excluding hydrogens is 280 g/mol. The van der Waals surface area contributed by atoms with Crippen LogP contribution in [0.25, 0.3) is 0 Å². The number of hydrogen-bond acceptors (Lipinski definition) is 4. The van der Waals surface area contributed by atoms with E-state index in [2.05, 4.69) is 4.72 Å². The van der Waals surface area contributed by atoms with Crippen LogP contribution in [0.2, 0.25) is 0 Å². The van der Waals surface area contributed by atoms with Gasteiger partial charge in [0, 0.05) is 0 Å². The van der Waals surface area contributed by atoms with Crippen LogP contribution in [0.1, 0.15) is 25.0 Å². The first-order valence-corrected chi connectivity index (χ1v) is 7.43. The van der Waals surface area contributed by atoms with Crippen LogP contribution in [-0.4, -0.2) is 25.5 Å². The largest absolute Gasteiger partial charge is 0.480 e. The van der Waals surface area contributed by atoms with E-state index in [-0.39, 0.29) is 10.8 Å². The molecule has 7 heteroatoms. The highest BCUT2D eigenvalue weighted by Crippen LogP contribution is 2.18. The molecule has 1 aromatic rings. The lowest BCUT2D eigenvalue weighted by molar-refractivity contribution is -0.140. The standard InChI is InChI=1S/C13H16N2O4S/c1-8(2)12(13(16)17)15-20(18,19)11-5-4-10(7-14)6-9(11)3/h4-6,8,12,15H,1-3H3,(H,16,17). The Balaban J connectivity index is 3.18. The van der Waals surface area contributed by atoms with Crippen molar-refractivity contribution in [1.29, 1.82) is 5.26 Å². The molecule has 0 radical (unpaired) electrons. The highest BCUT2D eigenvalue weighted by atomic mass is 32.2. The fourth-order valence-corrected chi connectivity index (χ4v) is 3.29. The first kappa shape index (κ1) is 16.1. The third-order valence-corrected chi connectivity index (χ3v) is 4.41. The van der Waals surface area contributed by atoms with Gasteiger partial charge in [-0.05, 0) is 36.6 Å². The van der Waals surface area contributed by atoms with Crippen molar-refractivity contribution in [3.05, 3.63) is 29.3 Å². The Kier molecular flexibility index (Phi) is 4.87. The molecule has 6 nitrogen and oxygen atoms in total. The van der Waals surface area contributed by atoms with Gasteiger partial charge in [0.1, 0.15) is 6.04 Å². The maximum absolute atomic E-state index is 12.2. The molecule has 0 aliphatic heterocycles. The number of benzene rings is 1. The first-order valence-electron chi connectivity index (χ1n) is 5.95. The molecule has 0 saturated heterocycles. The van der Waals surface area contributed by atoms with E-state index in [1.54, 1.807) is 20.8 Å². The summed E-state index contributed by atoms with van der Waals surface area (Å²) in [6.07, 6.45) is 0. The predicted octanol–water partition coefficient (Wildman–Crippen LogP) is 1.25. The number of rotatable bonds is 5. The number of carboxylic acids is 1. The molecule has 0 aromatic heterocycles. The normalized spacial score (nSPS) is 12.9. The average Bonchev–Trinajstić information content (AvgIpc) is 2.34. The van der Waals surface area contributed by atoms with E-state index in [0.29, 0.717) is 11.1 Å². The Bertz CT molecular complexity index is 659. The fraction of sp³-hybridized carbons (Fsp3) is 0.385. The van der Waals surface area contributed by atoms with E-state index in [1.807, 2.05) is 6.07 Å². The van der Waals surface area contributed by atoms with Crippen LogP contribution in [0.5, 0.6) is 0 Å². The Morgan fingerprint density at radius 3 is 2.40 bits per heavy atom. The molecule has 0 aliphatic rings. The number of carbonyl (C=O) groups is 1. The quantitative estimate of drug-likeness (QED) is 0.850. The second-order valence-electron chi connectivity index (χ2n) is 4.77. The summed E-state index contributed by atoms with van der Waals surface area (Å²) in [4.78, 5) is 11.0. The molecule has 0 aliphatic carbocycles. The number of aliphatic carboxylic acids is 1. The van der Waals surface area contributed by atoms with Gasteiger partial charge in [-0.15, -0.1) is 0 Å². The van der Waals surface area contributed by atoms with Crippen molar-refractivity contribution in [3.63, 3.8) is 0 Å². The Hall–Kier alpha value is -1.91. The minimum atomic E-state index is -3.95. The van der Waals surface area contributed by atoms with Gasteiger partial charge in [-0.3, -0.25) is 4.79 Å². The highest BCUT2D eigenvalue weighted by molar-refractivity contribution is 7.89. The maximum Gasteiger partial charge on any atom is 0.322 e. The smallest absolute Gasteiger partial charge is 0.322 e. The number of hydrogen-bond donors (Lipinski definition) is 2. The number of nitrogens with one attached hydrogen (secondary N) is 1. The lowest BCUT2D eigenvalue weighted by atomic mass is 10.1. The number of aryl methyl sites for hydroxylation is 1. The molecule has 0 bridgehead atoms. The zero-order valence-corrected chi connectivity index (χ0v) is 12.2. The van der Waals surface area contributed by atoms with Gasteiger partial charge in [0.05, 0.1) is 16.5 Å². The molecule has 1 atom stereocenters. The Morgan fingerprint density at radius 1 is 1.40 bits per heavy atom. The van der Waals surface area contributed by atoms with Crippen LogP contribution in [0, 0.1) is 24.2 Å². The van der Waals surface area contributed by atoms with Crippen molar-refractivity contribution in [2.45, 2.75) is 31.7 Å². The summed E-state index contributed by atoms with van der Waals surface area (Å²) in [5, 5.41) is 17.8. The SMILES string of the molecule is Cc1cc(C#N)ccc1S(=O)(=O)NC(C(=O)O)C(C)C. The monoisotopic (exact) mass is 296 g/mol. The third-order valence-electron chi connectivity index (χ3n) is 2.81. The minimum absolute atomic E-state index is 0.0246. The van der Waals surface area contributed by atoms with Gasteiger partial charge in [-0.25, -0.2) is 8.42 Å². The molecule has 1 aromatic carbocycles. The van der Waals surface area contributed by atoms with Crippen LogP contribution >= 0.6 is 0 Å². The fourth-order valence-electron chi connectivity index (χ4n) is 1.72. The molecule has 0 fully saturated rings. The maximum atomic E-state index is 12.2. The van der Waals surface area contributed by atoms with Crippen LogP contribution in [0.15, 0.2) is 23.1 Å². The van der Waals surface area contributed by atoms with Crippen LogP contribution in [-0.2, 0) is 14.8 Å². The van der Waals surface area contributed by atoms with E-state index in [9.17, 15) is 13.2 Å². The summed E-state index contributed by atoms with van der Waals surface area (Å²) in [5.74, 6) is -1.61. The second kappa shape index (κ2) is 6.03. The van der Waals surface area contributed by atoms with Gasteiger partial charge in [0.2, 0.25) is 10.0 Å². The van der Waals surface area contributed by atoms with Crippen molar-refractivity contribution in [2.75, 3.05) is 0 Å². The van der Waals surface area contributed by atoms with Crippen molar-refractivity contribution >= 4 is 16.0 Å². The van der Waals surface area contributed by atoms with Crippen molar-refractivity contribution in [2.24, 2.45) is 5.92 Å². The molecule has 1 rings (SSSR count). The topological polar surface area (TPSA) is 107 Å². The van der Waals surface area contributed by atoms with Gasteiger partial charge in [-0.1, -0.05) is 13.8 Å². The number of carboxylic acid groups (broad SMARTS) is 1. The zero-order chi connectivity index (χ0) is 15.5.